The van der Waals surface area contributed by atoms with Crippen LogP contribution in [-0.2, 0) is 4.79 Å². The van der Waals surface area contributed by atoms with E-state index >= 15 is 0 Å². The van der Waals surface area contributed by atoms with Crippen LogP contribution >= 0.6 is 11.8 Å². The van der Waals surface area contributed by atoms with Crippen molar-refractivity contribution in [3.63, 3.8) is 0 Å². The fourth-order valence-electron chi connectivity index (χ4n) is 2.92. The van der Waals surface area contributed by atoms with Crippen LogP contribution in [0.25, 0.3) is 0 Å². The fraction of sp³-hybridized carbons (Fsp3) is 0.0952. The molecule has 6 heteroatoms. The second-order valence-corrected chi connectivity index (χ2v) is 7.08. The third-order valence-corrected chi connectivity index (χ3v) is 5.40. The summed E-state index contributed by atoms with van der Waals surface area (Å²) in [5.74, 6) is -0.245. The lowest BCUT2D eigenvalue weighted by atomic mass is 10.1. The molecular formula is C21H15F2NO2S. The van der Waals surface area contributed by atoms with Crippen molar-refractivity contribution in [2.45, 2.75) is 5.37 Å². The quantitative estimate of drug-likeness (QED) is 0.593. The maximum absolute atomic E-state index is 13.6. The van der Waals surface area contributed by atoms with Crippen molar-refractivity contribution in [2.24, 2.45) is 0 Å². The zero-order valence-corrected chi connectivity index (χ0v) is 15.0. The van der Waals surface area contributed by atoms with Crippen LogP contribution in [-0.4, -0.2) is 11.7 Å². The number of carbonyl (C=O) groups is 1. The van der Waals surface area contributed by atoms with Gasteiger partial charge in [-0.1, -0.05) is 24.3 Å². The smallest absolute Gasteiger partial charge is 0.238 e. The number of hydrogen-bond acceptors (Lipinski definition) is 3. The van der Waals surface area contributed by atoms with E-state index in [2.05, 4.69) is 0 Å². The Morgan fingerprint density at radius 1 is 0.889 bits per heavy atom. The number of amides is 1. The van der Waals surface area contributed by atoms with Gasteiger partial charge in [0.1, 0.15) is 16.9 Å². The lowest BCUT2D eigenvalue weighted by molar-refractivity contribution is -0.115. The molecule has 27 heavy (non-hydrogen) atoms. The molecule has 1 amide bonds. The van der Waals surface area contributed by atoms with Gasteiger partial charge in [0.25, 0.3) is 0 Å². The largest absolute Gasteiger partial charge is 0.457 e. The van der Waals surface area contributed by atoms with E-state index in [0.717, 1.165) is 17.9 Å². The van der Waals surface area contributed by atoms with E-state index < -0.39 is 17.0 Å². The van der Waals surface area contributed by atoms with Crippen LogP contribution in [0.1, 0.15) is 10.9 Å². The van der Waals surface area contributed by atoms with Gasteiger partial charge in [-0.25, -0.2) is 8.78 Å². The highest BCUT2D eigenvalue weighted by atomic mass is 32.2. The standard InChI is InChI=1S/C21H15F2NO2S/c22-18-11-6-14(12-19(18)23)21-24(20(25)13-27-21)15-7-9-17(10-8-15)26-16-4-2-1-3-5-16/h1-12,21H,13H2/t21-/m0/s1. The third kappa shape index (κ3) is 3.66. The minimum atomic E-state index is -0.918. The van der Waals surface area contributed by atoms with Gasteiger partial charge in [-0.2, -0.15) is 0 Å². The molecule has 0 bridgehead atoms. The molecule has 1 aliphatic rings. The molecule has 3 aromatic carbocycles. The summed E-state index contributed by atoms with van der Waals surface area (Å²) in [4.78, 5) is 14.0. The number of hydrogen-bond donors (Lipinski definition) is 0. The Morgan fingerprint density at radius 3 is 2.30 bits per heavy atom. The van der Waals surface area contributed by atoms with Gasteiger partial charge in [0.15, 0.2) is 11.6 Å². The van der Waals surface area contributed by atoms with E-state index in [1.165, 1.54) is 17.8 Å². The van der Waals surface area contributed by atoms with Crippen molar-refractivity contribution >= 4 is 23.4 Å². The summed E-state index contributed by atoms with van der Waals surface area (Å²) < 4.78 is 32.6. The van der Waals surface area contributed by atoms with Gasteiger partial charge in [0.2, 0.25) is 5.91 Å². The predicted molar refractivity (Wildman–Crippen MR) is 102 cm³/mol. The molecule has 0 N–H and O–H groups in total. The number of anilines is 1. The maximum Gasteiger partial charge on any atom is 0.238 e. The summed E-state index contributed by atoms with van der Waals surface area (Å²) in [7, 11) is 0. The highest BCUT2D eigenvalue weighted by Gasteiger charge is 2.34. The van der Waals surface area contributed by atoms with Crippen molar-refractivity contribution < 1.29 is 18.3 Å². The van der Waals surface area contributed by atoms with Crippen molar-refractivity contribution in [3.05, 3.63) is 90.0 Å². The minimum absolute atomic E-state index is 0.0774. The molecule has 1 heterocycles. The second-order valence-electron chi connectivity index (χ2n) is 6.01. The van der Waals surface area contributed by atoms with Crippen LogP contribution in [0.4, 0.5) is 14.5 Å². The molecule has 3 aromatic rings. The second kappa shape index (κ2) is 7.40. The molecule has 1 aliphatic heterocycles. The van der Waals surface area contributed by atoms with Gasteiger partial charge in [0.05, 0.1) is 5.75 Å². The van der Waals surface area contributed by atoms with E-state index in [1.807, 2.05) is 30.3 Å². The van der Waals surface area contributed by atoms with Crippen molar-refractivity contribution in [3.8, 4) is 11.5 Å². The van der Waals surface area contributed by atoms with E-state index in [4.69, 9.17) is 4.74 Å². The van der Waals surface area contributed by atoms with Gasteiger partial charge < -0.3 is 4.74 Å². The number of benzene rings is 3. The van der Waals surface area contributed by atoms with Crippen LogP contribution in [0.2, 0.25) is 0 Å². The summed E-state index contributed by atoms with van der Waals surface area (Å²) in [5.41, 5.74) is 1.23. The molecular weight excluding hydrogens is 368 g/mol. The highest BCUT2D eigenvalue weighted by Crippen LogP contribution is 2.42. The Hall–Kier alpha value is -2.86. The number of para-hydroxylation sites is 1. The monoisotopic (exact) mass is 383 g/mol. The number of nitrogens with zero attached hydrogens (tertiary/aromatic N) is 1. The fourth-order valence-corrected chi connectivity index (χ4v) is 4.08. The molecule has 4 rings (SSSR count). The molecule has 1 fully saturated rings. The minimum Gasteiger partial charge on any atom is -0.457 e. The van der Waals surface area contributed by atoms with Crippen LogP contribution in [0.15, 0.2) is 72.8 Å². The molecule has 0 aliphatic carbocycles. The third-order valence-electron chi connectivity index (χ3n) is 4.19. The molecule has 0 saturated carbocycles. The number of rotatable bonds is 4. The molecule has 0 aromatic heterocycles. The molecule has 0 spiro atoms. The molecule has 136 valence electrons. The van der Waals surface area contributed by atoms with Crippen LogP contribution in [0, 0.1) is 11.6 Å². The Morgan fingerprint density at radius 2 is 1.59 bits per heavy atom. The lowest BCUT2D eigenvalue weighted by Gasteiger charge is -2.24. The van der Waals surface area contributed by atoms with E-state index in [0.29, 0.717) is 17.0 Å². The Labute approximate surface area is 159 Å². The van der Waals surface area contributed by atoms with Gasteiger partial charge in [-0.15, -0.1) is 11.8 Å². The van der Waals surface area contributed by atoms with E-state index in [-0.39, 0.29) is 11.7 Å². The number of halogens is 2. The average Bonchev–Trinajstić information content (AvgIpc) is 3.07. The number of ether oxygens (including phenoxy) is 1. The normalized spacial score (nSPS) is 16.6. The van der Waals surface area contributed by atoms with Gasteiger partial charge in [-0.3, -0.25) is 9.69 Å². The predicted octanol–water partition coefficient (Wildman–Crippen LogP) is 5.54. The summed E-state index contributed by atoms with van der Waals surface area (Å²) >= 11 is 1.38. The summed E-state index contributed by atoms with van der Waals surface area (Å²) in [6.07, 6.45) is 0. The van der Waals surface area contributed by atoms with E-state index in [1.54, 1.807) is 29.2 Å². The van der Waals surface area contributed by atoms with Crippen molar-refractivity contribution in [2.75, 3.05) is 10.7 Å². The Balaban J connectivity index is 1.58. The topological polar surface area (TPSA) is 29.5 Å². The van der Waals surface area contributed by atoms with Gasteiger partial charge in [-0.05, 0) is 54.1 Å². The SMILES string of the molecule is O=C1CS[C@@H](c2ccc(F)c(F)c2)N1c1ccc(Oc2ccccc2)cc1. The first kappa shape index (κ1) is 17.5. The first-order valence-electron chi connectivity index (χ1n) is 8.33. The summed E-state index contributed by atoms with van der Waals surface area (Å²) in [5, 5.41) is -0.395. The summed E-state index contributed by atoms with van der Waals surface area (Å²) in [6, 6.07) is 20.3. The highest BCUT2D eigenvalue weighted by molar-refractivity contribution is 8.00. The molecule has 0 radical (unpaired) electrons. The first-order valence-corrected chi connectivity index (χ1v) is 9.38. The number of thioether (sulfide) groups is 1. The van der Waals surface area contributed by atoms with Crippen LogP contribution in [0.5, 0.6) is 11.5 Å². The zero-order valence-electron chi connectivity index (χ0n) is 14.1. The Kier molecular flexibility index (Phi) is 4.81. The lowest BCUT2D eigenvalue weighted by Crippen LogP contribution is -2.27. The zero-order chi connectivity index (χ0) is 18.8. The van der Waals surface area contributed by atoms with Gasteiger partial charge in [0, 0.05) is 5.69 Å². The first-order chi connectivity index (χ1) is 13.1. The molecule has 3 nitrogen and oxygen atoms in total. The van der Waals surface area contributed by atoms with Crippen molar-refractivity contribution in [1.29, 1.82) is 0 Å². The van der Waals surface area contributed by atoms with Crippen molar-refractivity contribution in [1.82, 2.24) is 0 Å². The van der Waals surface area contributed by atoms with Gasteiger partial charge >= 0.3 is 0 Å². The Bertz CT molecular complexity index is 964. The van der Waals surface area contributed by atoms with E-state index in [9.17, 15) is 13.6 Å². The molecule has 1 atom stereocenters. The molecule has 0 unspecified atom stereocenters. The van der Waals surface area contributed by atoms with Crippen LogP contribution < -0.4 is 9.64 Å². The van der Waals surface area contributed by atoms with Crippen LogP contribution in [0.3, 0.4) is 0 Å². The maximum atomic E-state index is 13.6. The number of carbonyl (C=O) groups excluding carboxylic acids is 1. The summed E-state index contributed by atoms with van der Waals surface area (Å²) in [6.45, 7) is 0. The average molecular weight is 383 g/mol. The molecule has 1 saturated heterocycles.